The Morgan fingerprint density at radius 1 is 1.35 bits per heavy atom. The summed E-state index contributed by atoms with van der Waals surface area (Å²) < 4.78 is 17.4. The van der Waals surface area contributed by atoms with E-state index in [9.17, 15) is 14.0 Å². The third-order valence-electron chi connectivity index (χ3n) is 2.68. The zero-order valence-corrected chi connectivity index (χ0v) is 10.3. The number of amides is 1. The van der Waals surface area contributed by atoms with E-state index in [4.69, 9.17) is 16.3 Å². The first-order chi connectivity index (χ1) is 8.09. The first-order valence-corrected chi connectivity index (χ1v) is 6.28. The normalized spacial score (nSPS) is 18.5. The Morgan fingerprint density at radius 2 is 2.00 bits per heavy atom. The van der Waals surface area contributed by atoms with Gasteiger partial charge in [-0.2, -0.15) is 0 Å². The van der Waals surface area contributed by atoms with Gasteiger partial charge in [-0.3, -0.25) is 9.59 Å². The highest BCUT2D eigenvalue weighted by Crippen LogP contribution is 2.20. The van der Waals surface area contributed by atoms with Crippen LogP contribution in [0.5, 0.6) is 0 Å². The molecule has 0 aromatic carbocycles. The largest absolute Gasteiger partial charge is 0.462 e. The van der Waals surface area contributed by atoms with Crippen LogP contribution in [0.2, 0.25) is 0 Å². The average molecular weight is 266 g/mol. The molecule has 1 aliphatic carbocycles. The van der Waals surface area contributed by atoms with Crippen molar-refractivity contribution in [2.45, 2.75) is 50.3 Å². The predicted octanol–water partition coefficient (Wildman–Crippen LogP) is 1.90. The van der Waals surface area contributed by atoms with E-state index in [0.29, 0.717) is 0 Å². The molecule has 0 aliphatic heterocycles. The van der Waals surface area contributed by atoms with Crippen molar-refractivity contribution in [2.75, 3.05) is 6.54 Å². The molecule has 6 heteroatoms. The van der Waals surface area contributed by atoms with Crippen LogP contribution >= 0.6 is 11.6 Å². The van der Waals surface area contributed by atoms with Crippen LogP contribution in [0.25, 0.3) is 0 Å². The average Bonchev–Trinajstić information content (AvgIpc) is 2.30. The van der Waals surface area contributed by atoms with E-state index in [-0.39, 0.29) is 25.0 Å². The van der Waals surface area contributed by atoms with Gasteiger partial charge in [-0.15, -0.1) is 0 Å². The maximum absolute atomic E-state index is 12.2. The molecule has 98 valence electrons. The van der Waals surface area contributed by atoms with Gasteiger partial charge in [0.2, 0.25) is 0 Å². The fraction of sp³-hybridized carbons (Fsp3) is 0.818. The minimum absolute atomic E-state index is 0.00824. The molecule has 0 heterocycles. The van der Waals surface area contributed by atoms with E-state index < -0.39 is 11.5 Å². The van der Waals surface area contributed by atoms with Crippen molar-refractivity contribution in [2.24, 2.45) is 0 Å². The van der Waals surface area contributed by atoms with Crippen LogP contribution in [-0.2, 0) is 14.3 Å². The summed E-state index contributed by atoms with van der Waals surface area (Å²) in [5, 5.41) is 2.20. The summed E-state index contributed by atoms with van der Waals surface area (Å²) in [4.78, 5) is 22.1. The lowest BCUT2D eigenvalue weighted by atomic mass is 9.98. The summed E-state index contributed by atoms with van der Waals surface area (Å²) in [6, 6.07) is 0. The first kappa shape index (κ1) is 14.2. The molecule has 1 atom stereocenters. The van der Waals surface area contributed by atoms with Crippen LogP contribution in [0, 0.1) is 0 Å². The molecule has 1 unspecified atom stereocenters. The summed E-state index contributed by atoms with van der Waals surface area (Å²) in [7, 11) is 0. The Balaban J connectivity index is 2.10. The van der Waals surface area contributed by atoms with E-state index in [2.05, 4.69) is 5.32 Å². The summed E-state index contributed by atoms with van der Waals surface area (Å²) >= 11 is 4.90. The third-order valence-corrected chi connectivity index (χ3v) is 2.88. The molecule has 1 N–H and O–H groups in total. The number of ether oxygens (including phenoxy) is 1. The standard InChI is InChI=1S/C11H17ClFNO3/c12-10(13)11(16)14-7-6-9(15)17-8-4-2-1-3-5-8/h8,10H,1-7H2,(H,14,16). The zero-order valence-electron chi connectivity index (χ0n) is 9.59. The molecule has 1 saturated carbocycles. The molecule has 0 aromatic heterocycles. The second kappa shape index (κ2) is 7.48. The number of nitrogens with one attached hydrogen (secondary N) is 1. The maximum Gasteiger partial charge on any atom is 0.307 e. The highest BCUT2D eigenvalue weighted by atomic mass is 35.5. The van der Waals surface area contributed by atoms with E-state index in [1.54, 1.807) is 0 Å². The minimum Gasteiger partial charge on any atom is -0.462 e. The number of hydrogen-bond acceptors (Lipinski definition) is 3. The lowest BCUT2D eigenvalue weighted by molar-refractivity contribution is -0.150. The second-order valence-electron chi connectivity index (χ2n) is 4.09. The number of rotatable bonds is 5. The Morgan fingerprint density at radius 3 is 2.59 bits per heavy atom. The zero-order chi connectivity index (χ0) is 12.7. The molecular formula is C11H17ClFNO3. The lowest BCUT2D eigenvalue weighted by Gasteiger charge is -2.21. The van der Waals surface area contributed by atoms with Gasteiger partial charge < -0.3 is 10.1 Å². The molecule has 1 rings (SSSR count). The molecule has 4 nitrogen and oxygen atoms in total. The van der Waals surface area contributed by atoms with Crippen molar-refractivity contribution in [1.29, 1.82) is 0 Å². The maximum atomic E-state index is 12.2. The van der Waals surface area contributed by atoms with Gasteiger partial charge in [0.1, 0.15) is 6.10 Å². The smallest absolute Gasteiger partial charge is 0.307 e. The summed E-state index contributed by atoms with van der Waals surface area (Å²) in [6.07, 6.45) is 5.24. The van der Waals surface area contributed by atoms with Gasteiger partial charge in [-0.25, -0.2) is 4.39 Å². The molecular weight excluding hydrogens is 249 g/mol. The van der Waals surface area contributed by atoms with Crippen LogP contribution in [0.1, 0.15) is 38.5 Å². The molecule has 0 saturated heterocycles. The summed E-state index contributed by atoms with van der Waals surface area (Å²) in [6.45, 7) is 0.0531. The van der Waals surface area contributed by atoms with Gasteiger partial charge in [0.05, 0.1) is 6.42 Å². The fourth-order valence-corrected chi connectivity index (χ4v) is 1.87. The van der Waals surface area contributed by atoms with Gasteiger partial charge >= 0.3 is 5.97 Å². The molecule has 0 spiro atoms. The number of esters is 1. The minimum atomic E-state index is -2.07. The van der Waals surface area contributed by atoms with Crippen molar-refractivity contribution in [1.82, 2.24) is 5.32 Å². The SMILES string of the molecule is O=C(CCNC(=O)C(F)Cl)OC1CCCCC1. The van der Waals surface area contributed by atoms with Gasteiger partial charge in [0, 0.05) is 6.54 Å². The third kappa shape index (κ3) is 5.86. The Hall–Kier alpha value is -0.840. The predicted molar refractivity (Wildman–Crippen MR) is 61.3 cm³/mol. The fourth-order valence-electron chi connectivity index (χ4n) is 1.79. The number of carbonyl (C=O) groups excluding carboxylic acids is 2. The lowest BCUT2D eigenvalue weighted by Crippen LogP contribution is -2.31. The monoisotopic (exact) mass is 265 g/mol. The van der Waals surface area contributed by atoms with Crippen molar-refractivity contribution < 1.29 is 18.7 Å². The van der Waals surface area contributed by atoms with Crippen LogP contribution < -0.4 is 5.32 Å². The highest BCUT2D eigenvalue weighted by molar-refractivity contribution is 6.29. The molecule has 17 heavy (non-hydrogen) atoms. The molecule has 0 bridgehead atoms. The van der Waals surface area contributed by atoms with Gasteiger partial charge in [-0.1, -0.05) is 18.0 Å². The summed E-state index contributed by atoms with van der Waals surface area (Å²) in [5.41, 5.74) is -2.07. The summed E-state index contributed by atoms with van der Waals surface area (Å²) in [5.74, 6) is -1.28. The molecule has 1 amide bonds. The van der Waals surface area contributed by atoms with E-state index in [0.717, 1.165) is 25.7 Å². The number of halogens is 2. The Bertz CT molecular complexity index is 267. The van der Waals surface area contributed by atoms with E-state index >= 15 is 0 Å². The van der Waals surface area contributed by atoms with Gasteiger partial charge in [0.25, 0.3) is 11.5 Å². The van der Waals surface area contributed by atoms with Gasteiger partial charge in [-0.05, 0) is 25.7 Å². The second-order valence-corrected chi connectivity index (χ2v) is 4.47. The van der Waals surface area contributed by atoms with Crippen molar-refractivity contribution in [3.8, 4) is 0 Å². The van der Waals surface area contributed by atoms with E-state index in [1.165, 1.54) is 6.42 Å². The van der Waals surface area contributed by atoms with Crippen molar-refractivity contribution in [3.05, 3.63) is 0 Å². The number of alkyl halides is 2. The van der Waals surface area contributed by atoms with Crippen LogP contribution in [0.4, 0.5) is 4.39 Å². The topological polar surface area (TPSA) is 55.4 Å². The number of carbonyl (C=O) groups is 2. The van der Waals surface area contributed by atoms with Crippen LogP contribution in [0.3, 0.4) is 0 Å². The van der Waals surface area contributed by atoms with Gasteiger partial charge in [0.15, 0.2) is 0 Å². The van der Waals surface area contributed by atoms with Crippen LogP contribution in [-0.4, -0.2) is 30.2 Å². The van der Waals surface area contributed by atoms with E-state index in [1.807, 2.05) is 0 Å². The van der Waals surface area contributed by atoms with Crippen molar-refractivity contribution in [3.63, 3.8) is 0 Å². The quantitative estimate of drug-likeness (QED) is 0.610. The molecule has 1 aliphatic rings. The van der Waals surface area contributed by atoms with Crippen molar-refractivity contribution >= 4 is 23.5 Å². The molecule has 1 fully saturated rings. The first-order valence-electron chi connectivity index (χ1n) is 5.85. The molecule has 0 aromatic rings. The van der Waals surface area contributed by atoms with Crippen LogP contribution in [0.15, 0.2) is 0 Å². The highest BCUT2D eigenvalue weighted by Gasteiger charge is 2.18. The number of hydrogen-bond donors (Lipinski definition) is 1. The Labute approximate surface area is 105 Å². The molecule has 0 radical (unpaired) electrons. The Kier molecular flexibility index (Phi) is 6.26.